The van der Waals surface area contributed by atoms with Gasteiger partial charge in [0.25, 0.3) is 0 Å². The lowest BCUT2D eigenvalue weighted by molar-refractivity contribution is 0.184. The molecule has 0 spiro atoms. The lowest BCUT2D eigenvalue weighted by Crippen LogP contribution is -2.51. The largest absolute Gasteiger partial charge is 0.322 e. The van der Waals surface area contributed by atoms with Crippen LogP contribution < -0.4 is 5.32 Å². The molecule has 2 amide bonds. The molecular formula is C11H16N4O3S. The first-order valence-corrected chi connectivity index (χ1v) is 7.73. The summed E-state index contributed by atoms with van der Waals surface area (Å²) in [5, 5.41) is 2.74. The van der Waals surface area contributed by atoms with Crippen molar-refractivity contribution in [2.45, 2.75) is 0 Å². The van der Waals surface area contributed by atoms with Crippen molar-refractivity contribution in [3.8, 4) is 0 Å². The highest BCUT2D eigenvalue weighted by atomic mass is 32.2. The normalized spacial score (nSPS) is 17.2. The van der Waals surface area contributed by atoms with Crippen molar-refractivity contribution >= 4 is 21.7 Å². The Bertz CT molecular complexity index is 538. The maximum absolute atomic E-state index is 12.0. The van der Waals surface area contributed by atoms with E-state index in [0.29, 0.717) is 31.9 Å². The third-order valence-electron chi connectivity index (χ3n) is 2.93. The zero-order chi connectivity index (χ0) is 13.9. The van der Waals surface area contributed by atoms with Crippen LogP contribution in [-0.2, 0) is 10.0 Å². The van der Waals surface area contributed by atoms with Crippen LogP contribution in [0.15, 0.2) is 24.5 Å². The lowest BCUT2D eigenvalue weighted by atomic mass is 10.3. The van der Waals surface area contributed by atoms with Gasteiger partial charge in [-0.2, -0.15) is 4.31 Å². The Kier molecular flexibility index (Phi) is 4.01. The molecule has 1 saturated heterocycles. The number of rotatable bonds is 2. The van der Waals surface area contributed by atoms with Crippen LogP contribution in [-0.4, -0.2) is 61.1 Å². The first kappa shape index (κ1) is 13.8. The molecule has 0 radical (unpaired) electrons. The molecule has 1 aliphatic rings. The van der Waals surface area contributed by atoms with E-state index in [4.69, 9.17) is 0 Å². The summed E-state index contributed by atoms with van der Waals surface area (Å²) in [7, 11) is -3.17. The van der Waals surface area contributed by atoms with Crippen LogP contribution in [0.5, 0.6) is 0 Å². The van der Waals surface area contributed by atoms with Gasteiger partial charge in [0.05, 0.1) is 6.26 Å². The van der Waals surface area contributed by atoms with Crippen molar-refractivity contribution in [2.24, 2.45) is 0 Å². The van der Waals surface area contributed by atoms with Gasteiger partial charge in [-0.3, -0.25) is 4.98 Å². The minimum absolute atomic E-state index is 0.223. The Morgan fingerprint density at radius 3 is 2.32 bits per heavy atom. The molecular weight excluding hydrogens is 268 g/mol. The smallest absolute Gasteiger partial charge is 0.321 e. The Labute approximate surface area is 112 Å². The van der Waals surface area contributed by atoms with E-state index in [-0.39, 0.29) is 6.03 Å². The maximum Gasteiger partial charge on any atom is 0.321 e. The fourth-order valence-electron chi connectivity index (χ4n) is 1.86. The highest BCUT2D eigenvalue weighted by Gasteiger charge is 2.25. The molecule has 104 valence electrons. The quantitative estimate of drug-likeness (QED) is 0.840. The van der Waals surface area contributed by atoms with E-state index in [1.165, 1.54) is 10.6 Å². The molecule has 1 fully saturated rings. The summed E-state index contributed by atoms with van der Waals surface area (Å²) in [6, 6.07) is 3.18. The number of piperazine rings is 1. The summed E-state index contributed by atoms with van der Waals surface area (Å²) in [6.07, 6.45) is 4.37. The van der Waals surface area contributed by atoms with Gasteiger partial charge >= 0.3 is 6.03 Å². The maximum atomic E-state index is 12.0. The van der Waals surface area contributed by atoms with Gasteiger partial charge < -0.3 is 10.2 Å². The van der Waals surface area contributed by atoms with E-state index in [1.807, 2.05) is 0 Å². The second kappa shape index (κ2) is 5.54. The van der Waals surface area contributed by atoms with Gasteiger partial charge in [-0.15, -0.1) is 0 Å². The number of amides is 2. The van der Waals surface area contributed by atoms with Crippen LogP contribution in [0.25, 0.3) is 0 Å². The number of carbonyl (C=O) groups is 1. The van der Waals surface area contributed by atoms with E-state index in [9.17, 15) is 13.2 Å². The zero-order valence-electron chi connectivity index (χ0n) is 10.6. The highest BCUT2D eigenvalue weighted by Crippen LogP contribution is 2.09. The molecule has 1 aliphatic heterocycles. The molecule has 1 N–H and O–H groups in total. The lowest BCUT2D eigenvalue weighted by Gasteiger charge is -2.33. The fraction of sp³-hybridized carbons (Fsp3) is 0.455. The summed E-state index contributed by atoms with van der Waals surface area (Å²) in [4.78, 5) is 17.4. The van der Waals surface area contributed by atoms with Crippen LogP contribution in [0.2, 0.25) is 0 Å². The summed E-state index contributed by atoms with van der Waals surface area (Å²) >= 11 is 0. The Morgan fingerprint density at radius 1 is 1.21 bits per heavy atom. The predicted octanol–water partition coefficient (Wildman–Crippen LogP) is 0.191. The van der Waals surface area contributed by atoms with E-state index in [2.05, 4.69) is 10.3 Å². The molecule has 1 aromatic rings. The molecule has 19 heavy (non-hydrogen) atoms. The Balaban J connectivity index is 1.90. The van der Waals surface area contributed by atoms with Gasteiger partial charge in [0.1, 0.15) is 0 Å². The van der Waals surface area contributed by atoms with Crippen molar-refractivity contribution in [3.05, 3.63) is 24.5 Å². The topological polar surface area (TPSA) is 82.6 Å². The van der Waals surface area contributed by atoms with E-state index >= 15 is 0 Å². The van der Waals surface area contributed by atoms with Crippen LogP contribution in [0.4, 0.5) is 10.5 Å². The number of urea groups is 1. The van der Waals surface area contributed by atoms with Gasteiger partial charge in [0.15, 0.2) is 0 Å². The van der Waals surface area contributed by atoms with Crippen LogP contribution in [0.1, 0.15) is 0 Å². The highest BCUT2D eigenvalue weighted by molar-refractivity contribution is 7.88. The summed E-state index contributed by atoms with van der Waals surface area (Å²) in [6.45, 7) is 1.46. The van der Waals surface area contributed by atoms with Crippen molar-refractivity contribution in [1.29, 1.82) is 0 Å². The molecule has 0 bridgehead atoms. The minimum Gasteiger partial charge on any atom is -0.322 e. The first-order valence-electron chi connectivity index (χ1n) is 5.88. The molecule has 0 aromatic carbocycles. The third-order valence-corrected chi connectivity index (χ3v) is 4.23. The number of nitrogens with one attached hydrogen (secondary N) is 1. The number of hydrogen-bond acceptors (Lipinski definition) is 4. The van der Waals surface area contributed by atoms with E-state index in [0.717, 1.165) is 0 Å². The second-order valence-corrected chi connectivity index (χ2v) is 6.30. The molecule has 2 rings (SSSR count). The molecule has 2 heterocycles. The van der Waals surface area contributed by atoms with Crippen LogP contribution >= 0.6 is 0 Å². The number of anilines is 1. The fourth-order valence-corrected chi connectivity index (χ4v) is 2.69. The molecule has 0 saturated carbocycles. The zero-order valence-corrected chi connectivity index (χ0v) is 11.4. The van der Waals surface area contributed by atoms with Crippen molar-refractivity contribution in [2.75, 3.05) is 37.8 Å². The summed E-state index contributed by atoms with van der Waals surface area (Å²) in [5.74, 6) is 0. The van der Waals surface area contributed by atoms with Crippen molar-refractivity contribution in [1.82, 2.24) is 14.2 Å². The average molecular weight is 284 g/mol. The molecule has 7 nitrogen and oxygen atoms in total. The van der Waals surface area contributed by atoms with Crippen molar-refractivity contribution < 1.29 is 13.2 Å². The monoisotopic (exact) mass is 284 g/mol. The second-order valence-electron chi connectivity index (χ2n) is 4.32. The standard InChI is InChI=1S/C11H16N4O3S/c1-19(17,18)15-8-6-14(7-9-15)11(16)13-10-2-4-12-5-3-10/h2-5H,6-9H2,1H3,(H,12,13,16). The minimum atomic E-state index is -3.17. The van der Waals surface area contributed by atoms with Crippen LogP contribution in [0, 0.1) is 0 Å². The summed E-state index contributed by atoms with van der Waals surface area (Å²) in [5.41, 5.74) is 0.672. The SMILES string of the molecule is CS(=O)(=O)N1CCN(C(=O)Nc2ccncc2)CC1. The van der Waals surface area contributed by atoms with Gasteiger partial charge in [-0.05, 0) is 12.1 Å². The number of hydrogen-bond donors (Lipinski definition) is 1. The molecule has 8 heteroatoms. The van der Waals surface area contributed by atoms with E-state index < -0.39 is 10.0 Å². The molecule has 0 aliphatic carbocycles. The number of aromatic nitrogens is 1. The number of nitrogens with zero attached hydrogens (tertiary/aromatic N) is 3. The third kappa shape index (κ3) is 3.65. The van der Waals surface area contributed by atoms with Gasteiger partial charge in [-0.25, -0.2) is 13.2 Å². The number of sulfonamides is 1. The van der Waals surface area contributed by atoms with Gasteiger partial charge in [-0.1, -0.05) is 0 Å². The Hall–Kier alpha value is -1.67. The summed E-state index contributed by atoms with van der Waals surface area (Å²) < 4.78 is 24.1. The molecule has 0 atom stereocenters. The van der Waals surface area contributed by atoms with Gasteiger partial charge in [0.2, 0.25) is 10.0 Å². The number of pyridine rings is 1. The van der Waals surface area contributed by atoms with E-state index in [1.54, 1.807) is 29.4 Å². The predicted molar refractivity (Wildman–Crippen MR) is 71.2 cm³/mol. The van der Waals surface area contributed by atoms with Crippen LogP contribution in [0.3, 0.4) is 0 Å². The van der Waals surface area contributed by atoms with Gasteiger partial charge in [0, 0.05) is 44.3 Å². The average Bonchev–Trinajstić information content (AvgIpc) is 2.39. The van der Waals surface area contributed by atoms with Crippen molar-refractivity contribution in [3.63, 3.8) is 0 Å². The Morgan fingerprint density at radius 2 is 1.79 bits per heavy atom. The molecule has 0 unspecified atom stereocenters. The number of carbonyl (C=O) groups excluding carboxylic acids is 1. The molecule has 1 aromatic heterocycles. The first-order chi connectivity index (χ1) is 8.97.